The highest BCUT2D eigenvalue weighted by Gasteiger charge is 2.31. The van der Waals surface area contributed by atoms with Gasteiger partial charge < -0.3 is 20.3 Å². The van der Waals surface area contributed by atoms with Crippen molar-refractivity contribution in [2.45, 2.75) is 31.7 Å². The molecule has 2 amide bonds. The van der Waals surface area contributed by atoms with Crippen LogP contribution in [0.25, 0.3) is 0 Å². The Kier molecular flexibility index (Phi) is 7.72. The van der Waals surface area contributed by atoms with Crippen LogP contribution in [0.3, 0.4) is 0 Å². The molecule has 1 aromatic carbocycles. The molecule has 1 atom stereocenters. The van der Waals surface area contributed by atoms with Gasteiger partial charge in [-0.3, -0.25) is 9.59 Å². The van der Waals surface area contributed by atoms with Crippen LogP contribution in [0.4, 0.5) is 0 Å². The molecule has 1 unspecified atom stereocenters. The highest BCUT2D eigenvalue weighted by atomic mass is 35.5. The number of hydrogen-bond acceptors (Lipinski definition) is 4. The van der Waals surface area contributed by atoms with Crippen molar-refractivity contribution in [1.82, 2.24) is 9.80 Å². The van der Waals surface area contributed by atoms with Crippen molar-refractivity contribution in [3.63, 3.8) is 0 Å². The van der Waals surface area contributed by atoms with Crippen LogP contribution < -0.4 is 10.5 Å². The molecule has 2 aliphatic heterocycles. The third-order valence-corrected chi connectivity index (χ3v) is 5.07. The molecule has 0 spiro atoms. The SMILES string of the molecule is Cl.NC1CCCN(C(=O)C2CCN(C(=O)COc3ccccc3)CC2)C1. The average Bonchev–Trinajstić information content (AvgIpc) is 2.66. The maximum Gasteiger partial charge on any atom is 0.260 e. The monoisotopic (exact) mass is 381 g/mol. The van der Waals surface area contributed by atoms with Gasteiger partial charge in [0.05, 0.1) is 0 Å². The van der Waals surface area contributed by atoms with Crippen molar-refractivity contribution in [2.75, 3.05) is 32.8 Å². The molecule has 2 N–H and O–H groups in total. The van der Waals surface area contributed by atoms with E-state index in [4.69, 9.17) is 10.5 Å². The van der Waals surface area contributed by atoms with Crippen LogP contribution in [0, 0.1) is 5.92 Å². The van der Waals surface area contributed by atoms with Gasteiger partial charge >= 0.3 is 0 Å². The first-order valence-electron chi connectivity index (χ1n) is 9.13. The maximum atomic E-state index is 12.6. The van der Waals surface area contributed by atoms with Gasteiger partial charge in [0.2, 0.25) is 5.91 Å². The third-order valence-electron chi connectivity index (χ3n) is 5.07. The number of rotatable bonds is 4. The fourth-order valence-electron chi connectivity index (χ4n) is 3.60. The third kappa shape index (κ3) is 5.35. The van der Waals surface area contributed by atoms with Crippen molar-refractivity contribution in [2.24, 2.45) is 11.7 Å². The van der Waals surface area contributed by atoms with Crippen molar-refractivity contribution in [3.8, 4) is 5.75 Å². The molecule has 0 aromatic heterocycles. The number of ether oxygens (including phenoxy) is 1. The number of amides is 2. The minimum absolute atomic E-state index is 0. The number of carbonyl (C=O) groups excluding carboxylic acids is 2. The van der Waals surface area contributed by atoms with E-state index < -0.39 is 0 Å². The zero-order valence-corrected chi connectivity index (χ0v) is 15.8. The van der Waals surface area contributed by atoms with E-state index in [0.29, 0.717) is 25.4 Å². The van der Waals surface area contributed by atoms with Crippen LogP contribution in [0.5, 0.6) is 5.75 Å². The fraction of sp³-hybridized carbons (Fsp3) is 0.579. The van der Waals surface area contributed by atoms with E-state index in [0.717, 1.165) is 32.2 Å². The second kappa shape index (κ2) is 9.78. The van der Waals surface area contributed by atoms with Crippen molar-refractivity contribution in [1.29, 1.82) is 0 Å². The summed E-state index contributed by atoms with van der Waals surface area (Å²) in [6.07, 6.45) is 3.43. The van der Waals surface area contributed by atoms with Gasteiger partial charge in [-0.15, -0.1) is 12.4 Å². The van der Waals surface area contributed by atoms with Crippen LogP contribution in [0.1, 0.15) is 25.7 Å². The van der Waals surface area contributed by atoms with Crippen molar-refractivity contribution >= 4 is 24.2 Å². The molecular formula is C19H28ClN3O3. The second-order valence-electron chi connectivity index (χ2n) is 6.94. The first-order chi connectivity index (χ1) is 12.1. The van der Waals surface area contributed by atoms with Crippen LogP contribution in [-0.4, -0.2) is 60.4 Å². The van der Waals surface area contributed by atoms with Crippen LogP contribution >= 0.6 is 12.4 Å². The van der Waals surface area contributed by atoms with Crippen molar-refractivity contribution < 1.29 is 14.3 Å². The van der Waals surface area contributed by atoms with E-state index in [1.807, 2.05) is 35.2 Å². The molecule has 2 saturated heterocycles. The van der Waals surface area contributed by atoms with Crippen LogP contribution in [-0.2, 0) is 9.59 Å². The van der Waals surface area contributed by atoms with Crippen LogP contribution in [0.2, 0.25) is 0 Å². The summed E-state index contributed by atoms with van der Waals surface area (Å²) in [7, 11) is 0. The van der Waals surface area contributed by atoms with E-state index in [1.54, 1.807) is 4.90 Å². The number of piperidine rings is 2. The molecule has 144 valence electrons. The number of hydrogen-bond donors (Lipinski definition) is 1. The zero-order valence-electron chi connectivity index (χ0n) is 15.0. The lowest BCUT2D eigenvalue weighted by Crippen LogP contribution is -2.50. The van der Waals surface area contributed by atoms with Gasteiger partial charge in [-0.2, -0.15) is 0 Å². The summed E-state index contributed by atoms with van der Waals surface area (Å²) in [6.45, 7) is 2.77. The average molecular weight is 382 g/mol. The Morgan fingerprint density at radius 1 is 1.04 bits per heavy atom. The topological polar surface area (TPSA) is 75.9 Å². The van der Waals surface area contributed by atoms with E-state index >= 15 is 0 Å². The molecule has 26 heavy (non-hydrogen) atoms. The summed E-state index contributed by atoms with van der Waals surface area (Å²) in [5.74, 6) is 0.907. The lowest BCUT2D eigenvalue weighted by Gasteiger charge is -2.37. The number of likely N-dealkylation sites (tertiary alicyclic amines) is 2. The summed E-state index contributed by atoms with van der Waals surface area (Å²) in [5.41, 5.74) is 5.97. The molecule has 3 rings (SSSR count). The highest BCUT2D eigenvalue weighted by molar-refractivity contribution is 5.85. The van der Waals surface area contributed by atoms with Gasteiger partial charge in [-0.1, -0.05) is 18.2 Å². The molecule has 0 saturated carbocycles. The number of halogens is 1. The molecule has 7 heteroatoms. The summed E-state index contributed by atoms with van der Waals surface area (Å²) in [4.78, 5) is 28.6. The molecule has 2 fully saturated rings. The van der Waals surface area contributed by atoms with E-state index in [2.05, 4.69) is 0 Å². The molecule has 2 heterocycles. The second-order valence-corrected chi connectivity index (χ2v) is 6.94. The lowest BCUT2D eigenvalue weighted by molar-refractivity contribution is -0.142. The van der Waals surface area contributed by atoms with Gasteiger partial charge in [0, 0.05) is 38.1 Å². The first kappa shape index (κ1) is 20.5. The number of nitrogens with zero attached hydrogens (tertiary/aromatic N) is 2. The smallest absolute Gasteiger partial charge is 0.260 e. The van der Waals surface area contributed by atoms with E-state index in [-0.39, 0.29) is 42.8 Å². The number of nitrogens with two attached hydrogens (primary N) is 1. The fourth-order valence-corrected chi connectivity index (χ4v) is 3.60. The Labute approximate surface area is 161 Å². The predicted octanol–water partition coefficient (Wildman–Crippen LogP) is 1.68. The Morgan fingerprint density at radius 2 is 1.73 bits per heavy atom. The number of carbonyl (C=O) groups is 2. The minimum Gasteiger partial charge on any atom is -0.484 e. The normalized spacial score (nSPS) is 21.0. The summed E-state index contributed by atoms with van der Waals surface area (Å²) in [5, 5.41) is 0. The standard InChI is InChI=1S/C19H27N3O3.ClH/c20-16-5-4-10-22(13-16)19(24)15-8-11-21(12-9-15)18(23)14-25-17-6-2-1-3-7-17;/h1-3,6-7,15-16H,4-5,8-14,20H2;1H. The zero-order chi connectivity index (χ0) is 17.6. The quantitative estimate of drug-likeness (QED) is 0.860. The summed E-state index contributed by atoms with van der Waals surface area (Å²) in [6, 6.07) is 9.44. The van der Waals surface area contributed by atoms with Gasteiger partial charge in [-0.05, 0) is 37.8 Å². The molecular weight excluding hydrogens is 354 g/mol. The Hall–Kier alpha value is -1.79. The van der Waals surface area contributed by atoms with E-state index in [1.165, 1.54) is 0 Å². The predicted molar refractivity (Wildman–Crippen MR) is 102 cm³/mol. The Balaban J connectivity index is 0.00000243. The number of benzene rings is 1. The molecule has 0 radical (unpaired) electrons. The molecule has 0 aliphatic carbocycles. The Morgan fingerprint density at radius 3 is 2.38 bits per heavy atom. The van der Waals surface area contributed by atoms with Gasteiger partial charge in [0.15, 0.2) is 6.61 Å². The first-order valence-corrected chi connectivity index (χ1v) is 9.13. The minimum atomic E-state index is -0.0188. The molecule has 2 aliphatic rings. The Bertz CT molecular complexity index is 591. The van der Waals surface area contributed by atoms with Crippen molar-refractivity contribution in [3.05, 3.63) is 30.3 Å². The van der Waals surface area contributed by atoms with E-state index in [9.17, 15) is 9.59 Å². The largest absolute Gasteiger partial charge is 0.484 e. The molecule has 6 nitrogen and oxygen atoms in total. The van der Waals surface area contributed by atoms with Gasteiger partial charge in [-0.25, -0.2) is 0 Å². The molecule has 1 aromatic rings. The highest BCUT2D eigenvalue weighted by Crippen LogP contribution is 2.22. The number of para-hydroxylation sites is 1. The lowest BCUT2D eigenvalue weighted by atomic mass is 9.94. The maximum absolute atomic E-state index is 12.6. The van der Waals surface area contributed by atoms with Gasteiger partial charge in [0.25, 0.3) is 5.91 Å². The van der Waals surface area contributed by atoms with Gasteiger partial charge in [0.1, 0.15) is 5.75 Å². The molecule has 0 bridgehead atoms. The summed E-state index contributed by atoms with van der Waals surface area (Å²) >= 11 is 0. The van der Waals surface area contributed by atoms with Crippen LogP contribution in [0.15, 0.2) is 30.3 Å². The summed E-state index contributed by atoms with van der Waals surface area (Å²) < 4.78 is 5.52.